The lowest BCUT2D eigenvalue weighted by atomic mass is 9.77. The van der Waals surface area contributed by atoms with Gasteiger partial charge in [-0.3, -0.25) is 24.0 Å². The van der Waals surface area contributed by atoms with Crippen LogP contribution in [0, 0.1) is 76.9 Å². The SMILES string of the molecule is CC(=O)N1CCC(C(C)C)CC1.CC(=O)NC1CCC(C(C)C)CC1.CC(C)C1CCC(C(=O)NC2CC2)CC1.CC(C)C1CCC(C(=O)NC2CC2F)CC1.CNC(=O)C1CCC(C(C)C)CC1. The first kappa shape index (κ1) is 60.6. The molecule has 1 aliphatic heterocycles. The normalized spacial score (nSPS) is 30.2. The van der Waals surface area contributed by atoms with Gasteiger partial charge >= 0.3 is 0 Å². The third-order valence-corrected chi connectivity index (χ3v) is 17.5. The first-order valence-electron chi connectivity index (χ1n) is 28.6. The van der Waals surface area contributed by atoms with Crippen LogP contribution in [0.5, 0.6) is 0 Å². The molecule has 1 saturated heterocycles. The molecule has 2 unspecified atom stereocenters. The van der Waals surface area contributed by atoms with Crippen LogP contribution in [0.3, 0.4) is 0 Å². The van der Waals surface area contributed by atoms with Gasteiger partial charge in [-0.25, -0.2) is 4.39 Å². The van der Waals surface area contributed by atoms with Gasteiger partial charge in [-0.2, -0.15) is 0 Å². The minimum Gasteiger partial charge on any atom is -0.359 e. The Bertz CT molecular complexity index is 1490. The molecule has 0 aromatic rings. The summed E-state index contributed by atoms with van der Waals surface area (Å²) >= 11 is 0. The molecule has 6 aliphatic carbocycles. The minimum atomic E-state index is -0.782. The topological polar surface area (TPSA) is 137 Å². The van der Waals surface area contributed by atoms with Gasteiger partial charge in [-0.05, 0) is 188 Å². The number of hydrogen-bond acceptors (Lipinski definition) is 5. The molecule has 6 saturated carbocycles. The summed E-state index contributed by atoms with van der Waals surface area (Å²) in [6.07, 6.45) is 23.1. The van der Waals surface area contributed by atoms with Gasteiger partial charge < -0.3 is 26.2 Å². The third kappa shape index (κ3) is 23.1. The molecule has 0 aromatic heterocycles. The maximum atomic E-state index is 12.7. The van der Waals surface area contributed by atoms with E-state index in [1.165, 1.54) is 77.0 Å². The van der Waals surface area contributed by atoms with Crippen LogP contribution in [0.2, 0.25) is 0 Å². The molecular formula is C58H106FN5O5. The first-order valence-corrected chi connectivity index (χ1v) is 28.6. The standard InChI is InChI=1S/C13H22FNO.C13H23NO.2C11H21NO.C10H19NO/c1-8(2)9-3-5-10(6-4-9)13(16)15-12-7-11(12)14;1-9(2)10-3-5-11(6-4-10)13(15)14-12-7-8-12;1-8(2)9-4-6-10(7-5-9)11(13)12-3;1-8(2)10-4-6-11(7-5-10)12-9(3)13;1-8(2)10-4-6-11(7-5-10)9(3)12/h8-12H,3-7H2,1-2H3,(H,15,16);9-12H,3-8H2,1-2H3,(H,14,15);8-10H,4-7H2,1-3H3,(H,12,13);8,10-11H,4-7H2,1-3H3,(H,12,13);8,10H,4-7H2,1-3H3. The molecule has 10 nitrogen and oxygen atoms in total. The number of carbonyl (C=O) groups excluding carboxylic acids is 5. The summed E-state index contributed by atoms with van der Waals surface area (Å²) in [4.78, 5) is 58.7. The van der Waals surface area contributed by atoms with Crippen molar-refractivity contribution < 1.29 is 28.4 Å². The number of alkyl halides is 1. The fourth-order valence-corrected chi connectivity index (χ4v) is 11.6. The first-order chi connectivity index (χ1) is 32.6. The Balaban J connectivity index is 0.000000229. The quantitative estimate of drug-likeness (QED) is 0.163. The van der Waals surface area contributed by atoms with E-state index in [-0.39, 0.29) is 35.6 Å². The van der Waals surface area contributed by atoms with Crippen molar-refractivity contribution in [3.8, 4) is 0 Å². The second kappa shape index (κ2) is 31.0. The molecule has 7 aliphatic rings. The molecular weight excluding hydrogens is 866 g/mol. The molecule has 7 rings (SSSR count). The lowest BCUT2D eigenvalue weighted by molar-refractivity contribution is -0.130. The Morgan fingerprint density at radius 1 is 0.420 bits per heavy atom. The highest BCUT2D eigenvalue weighted by molar-refractivity contribution is 5.80. The van der Waals surface area contributed by atoms with E-state index >= 15 is 0 Å². The summed E-state index contributed by atoms with van der Waals surface area (Å²) in [6.45, 7) is 28.0. The van der Waals surface area contributed by atoms with E-state index < -0.39 is 6.17 Å². The van der Waals surface area contributed by atoms with E-state index in [9.17, 15) is 28.4 Å². The van der Waals surface area contributed by atoms with Crippen LogP contribution in [-0.2, 0) is 24.0 Å². The van der Waals surface area contributed by atoms with E-state index in [1.807, 2.05) is 4.90 Å². The fraction of sp³-hybridized carbons (Fsp3) is 0.914. The molecule has 2 atom stereocenters. The van der Waals surface area contributed by atoms with Crippen molar-refractivity contribution in [3.05, 3.63) is 0 Å². The minimum absolute atomic E-state index is 0.0901. The van der Waals surface area contributed by atoms with Crippen molar-refractivity contribution >= 4 is 29.5 Å². The second-order valence-corrected chi connectivity index (χ2v) is 24.5. The average molecular weight is 973 g/mol. The summed E-state index contributed by atoms with van der Waals surface area (Å²) in [5.41, 5.74) is 0. The smallest absolute Gasteiger partial charge is 0.223 e. The Morgan fingerprint density at radius 3 is 1.00 bits per heavy atom. The second-order valence-electron chi connectivity index (χ2n) is 24.5. The number of rotatable bonds is 11. The largest absolute Gasteiger partial charge is 0.359 e. The molecule has 11 heteroatoms. The molecule has 0 spiro atoms. The predicted molar refractivity (Wildman–Crippen MR) is 282 cm³/mol. The highest BCUT2D eigenvalue weighted by Crippen LogP contribution is 2.37. The molecule has 0 radical (unpaired) electrons. The fourth-order valence-electron chi connectivity index (χ4n) is 11.6. The van der Waals surface area contributed by atoms with E-state index in [0.29, 0.717) is 36.2 Å². The number of halogens is 1. The average Bonchev–Trinajstić information content (AvgIpc) is 4.28. The molecule has 4 N–H and O–H groups in total. The number of carbonyl (C=O) groups is 5. The molecule has 69 heavy (non-hydrogen) atoms. The van der Waals surface area contributed by atoms with E-state index in [4.69, 9.17) is 0 Å². The Morgan fingerprint density at radius 2 is 0.710 bits per heavy atom. The monoisotopic (exact) mass is 972 g/mol. The van der Waals surface area contributed by atoms with Crippen molar-refractivity contribution in [2.24, 2.45) is 76.9 Å². The predicted octanol–water partition coefficient (Wildman–Crippen LogP) is 11.8. The van der Waals surface area contributed by atoms with Crippen molar-refractivity contribution in [3.63, 3.8) is 0 Å². The van der Waals surface area contributed by atoms with Gasteiger partial charge in [0.05, 0.1) is 6.04 Å². The summed E-state index contributed by atoms with van der Waals surface area (Å²) in [7, 11) is 1.73. The summed E-state index contributed by atoms with van der Waals surface area (Å²) in [6, 6.07) is 0.808. The number of nitrogens with zero attached hydrogens (tertiary/aromatic N) is 1. The van der Waals surface area contributed by atoms with Crippen LogP contribution in [0.25, 0.3) is 0 Å². The van der Waals surface area contributed by atoms with Crippen molar-refractivity contribution in [1.29, 1.82) is 0 Å². The number of nitrogens with one attached hydrogen (secondary N) is 4. The maximum absolute atomic E-state index is 12.7. The van der Waals surface area contributed by atoms with E-state index in [0.717, 1.165) is 124 Å². The lowest BCUT2D eigenvalue weighted by Gasteiger charge is -2.33. The molecule has 7 fully saturated rings. The zero-order valence-corrected chi connectivity index (χ0v) is 46.4. The van der Waals surface area contributed by atoms with E-state index in [2.05, 4.69) is 90.5 Å². The van der Waals surface area contributed by atoms with Crippen molar-refractivity contribution in [2.45, 2.75) is 242 Å². The molecule has 5 amide bonds. The lowest BCUT2D eigenvalue weighted by Crippen LogP contribution is -2.38. The highest BCUT2D eigenvalue weighted by Gasteiger charge is 2.40. The van der Waals surface area contributed by atoms with Crippen LogP contribution >= 0.6 is 0 Å². The highest BCUT2D eigenvalue weighted by atomic mass is 19.1. The Kier molecular flexibility index (Phi) is 27.2. The van der Waals surface area contributed by atoms with Gasteiger partial charge in [0, 0.05) is 70.2 Å². The number of likely N-dealkylation sites (tertiary alicyclic amines) is 1. The van der Waals surface area contributed by atoms with E-state index in [1.54, 1.807) is 20.9 Å². The molecule has 0 aromatic carbocycles. The maximum Gasteiger partial charge on any atom is 0.223 e. The zero-order chi connectivity index (χ0) is 51.4. The summed E-state index contributed by atoms with van der Waals surface area (Å²) in [5, 5.41) is 11.7. The van der Waals surface area contributed by atoms with Crippen LogP contribution in [0.15, 0.2) is 0 Å². The molecule has 0 bridgehead atoms. The third-order valence-electron chi connectivity index (χ3n) is 17.5. The Hall–Kier alpha value is -2.72. The van der Waals surface area contributed by atoms with Crippen LogP contribution in [-0.4, -0.2) is 78.9 Å². The van der Waals surface area contributed by atoms with Gasteiger partial charge in [0.25, 0.3) is 0 Å². The van der Waals surface area contributed by atoms with Gasteiger partial charge in [0.15, 0.2) is 0 Å². The van der Waals surface area contributed by atoms with Gasteiger partial charge in [-0.15, -0.1) is 0 Å². The number of hydrogen-bond donors (Lipinski definition) is 4. The van der Waals surface area contributed by atoms with Crippen LogP contribution in [0.4, 0.5) is 4.39 Å². The summed E-state index contributed by atoms with van der Waals surface area (Å²) in [5.74, 6) is 9.84. The van der Waals surface area contributed by atoms with Gasteiger partial charge in [0.2, 0.25) is 29.5 Å². The summed E-state index contributed by atoms with van der Waals surface area (Å²) < 4.78 is 12.7. The van der Waals surface area contributed by atoms with Crippen molar-refractivity contribution in [1.82, 2.24) is 26.2 Å². The number of piperidine rings is 1. The Labute approximate surface area is 421 Å². The van der Waals surface area contributed by atoms with Crippen LogP contribution < -0.4 is 21.3 Å². The number of amides is 5. The van der Waals surface area contributed by atoms with Crippen LogP contribution in [0.1, 0.15) is 218 Å². The molecule has 1 heterocycles. The van der Waals surface area contributed by atoms with Gasteiger partial charge in [0.1, 0.15) is 6.17 Å². The molecule has 400 valence electrons. The van der Waals surface area contributed by atoms with Crippen molar-refractivity contribution in [2.75, 3.05) is 20.1 Å². The van der Waals surface area contributed by atoms with Gasteiger partial charge in [-0.1, -0.05) is 69.2 Å². The zero-order valence-electron chi connectivity index (χ0n) is 46.4.